The highest BCUT2D eigenvalue weighted by Gasteiger charge is 2.27. The fourth-order valence-electron chi connectivity index (χ4n) is 4.20. The zero-order chi connectivity index (χ0) is 21.0. The van der Waals surface area contributed by atoms with Crippen LogP contribution in [0.25, 0.3) is 0 Å². The third-order valence-corrected chi connectivity index (χ3v) is 7.88. The molecule has 2 aromatic rings. The van der Waals surface area contributed by atoms with E-state index < -0.39 is 10.0 Å². The smallest absolute Gasteiger partial charge is 0.251 e. The molecule has 0 bridgehead atoms. The van der Waals surface area contributed by atoms with Crippen molar-refractivity contribution in [2.45, 2.75) is 43.7 Å². The van der Waals surface area contributed by atoms with Gasteiger partial charge in [-0.25, -0.2) is 8.42 Å². The topological polar surface area (TPSA) is 69.7 Å². The predicted octanol–water partition coefficient (Wildman–Crippen LogP) is 3.00. The number of sulfonamides is 1. The van der Waals surface area contributed by atoms with Crippen molar-refractivity contribution < 1.29 is 13.2 Å². The summed E-state index contributed by atoms with van der Waals surface area (Å²) in [5.41, 5.74) is 2.82. The standard InChI is InChI=1S/C23H29N3O3S/c27-23(19-9-11-22(12-10-19)30(28,29)26-15-5-6-16-26)24-17-20-7-1-2-8-21(20)18-25-13-3-4-14-25/h1-2,7-12H,3-6,13-18H2,(H,24,27). The Morgan fingerprint density at radius 1 is 0.833 bits per heavy atom. The fraction of sp³-hybridized carbons (Fsp3) is 0.435. The molecule has 0 radical (unpaired) electrons. The van der Waals surface area contributed by atoms with Crippen LogP contribution in [0.3, 0.4) is 0 Å². The molecular formula is C23H29N3O3S. The van der Waals surface area contributed by atoms with Crippen LogP contribution in [0.15, 0.2) is 53.4 Å². The van der Waals surface area contributed by atoms with Gasteiger partial charge in [0.05, 0.1) is 4.90 Å². The van der Waals surface area contributed by atoms with Crippen LogP contribution >= 0.6 is 0 Å². The Hall–Kier alpha value is -2.22. The van der Waals surface area contributed by atoms with E-state index in [0.29, 0.717) is 25.2 Å². The number of likely N-dealkylation sites (tertiary alicyclic amines) is 1. The molecule has 0 aliphatic carbocycles. The molecule has 1 N–H and O–H groups in total. The maximum atomic E-state index is 12.6. The number of nitrogens with zero attached hydrogens (tertiary/aromatic N) is 2. The molecule has 2 saturated heterocycles. The second-order valence-electron chi connectivity index (χ2n) is 8.07. The second kappa shape index (κ2) is 9.29. The summed E-state index contributed by atoms with van der Waals surface area (Å²) in [7, 11) is -3.46. The number of hydrogen-bond donors (Lipinski definition) is 1. The summed E-state index contributed by atoms with van der Waals surface area (Å²) < 4.78 is 26.8. The average Bonchev–Trinajstić information content (AvgIpc) is 3.48. The van der Waals surface area contributed by atoms with Gasteiger partial charge < -0.3 is 5.32 Å². The maximum Gasteiger partial charge on any atom is 0.251 e. The molecule has 0 atom stereocenters. The van der Waals surface area contributed by atoms with E-state index in [1.165, 1.54) is 34.8 Å². The average molecular weight is 428 g/mol. The Morgan fingerprint density at radius 2 is 1.43 bits per heavy atom. The Morgan fingerprint density at radius 3 is 2.10 bits per heavy atom. The van der Waals surface area contributed by atoms with Gasteiger partial charge in [-0.15, -0.1) is 0 Å². The lowest BCUT2D eigenvalue weighted by Gasteiger charge is -2.18. The van der Waals surface area contributed by atoms with Gasteiger partial charge in [0.15, 0.2) is 0 Å². The largest absolute Gasteiger partial charge is 0.348 e. The molecule has 0 saturated carbocycles. The fourth-order valence-corrected chi connectivity index (χ4v) is 5.72. The molecule has 7 heteroatoms. The zero-order valence-electron chi connectivity index (χ0n) is 17.2. The quantitative estimate of drug-likeness (QED) is 0.738. The first kappa shape index (κ1) is 21.0. The van der Waals surface area contributed by atoms with Gasteiger partial charge >= 0.3 is 0 Å². The van der Waals surface area contributed by atoms with Gasteiger partial charge in [-0.1, -0.05) is 24.3 Å². The highest BCUT2D eigenvalue weighted by molar-refractivity contribution is 7.89. The summed E-state index contributed by atoms with van der Waals surface area (Å²) in [5, 5.41) is 2.98. The lowest BCUT2D eigenvalue weighted by molar-refractivity contribution is 0.0950. The second-order valence-corrected chi connectivity index (χ2v) is 10.0. The Kier molecular flexibility index (Phi) is 6.51. The third-order valence-electron chi connectivity index (χ3n) is 5.97. The van der Waals surface area contributed by atoms with E-state index in [0.717, 1.165) is 38.0 Å². The number of carbonyl (C=O) groups is 1. The van der Waals surface area contributed by atoms with Crippen LogP contribution < -0.4 is 5.32 Å². The van der Waals surface area contributed by atoms with Crippen molar-refractivity contribution in [1.82, 2.24) is 14.5 Å². The van der Waals surface area contributed by atoms with Crippen molar-refractivity contribution in [3.63, 3.8) is 0 Å². The molecule has 4 rings (SSSR count). The molecule has 2 aliphatic heterocycles. The first-order chi connectivity index (χ1) is 14.5. The minimum atomic E-state index is -3.46. The first-order valence-corrected chi connectivity index (χ1v) is 12.2. The van der Waals surface area contributed by atoms with Crippen LogP contribution in [-0.2, 0) is 23.1 Å². The highest BCUT2D eigenvalue weighted by atomic mass is 32.2. The van der Waals surface area contributed by atoms with Crippen LogP contribution in [0, 0.1) is 0 Å². The summed E-state index contributed by atoms with van der Waals surface area (Å²) in [6.07, 6.45) is 4.31. The third kappa shape index (κ3) is 4.74. The summed E-state index contributed by atoms with van der Waals surface area (Å²) in [6, 6.07) is 14.5. The minimum absolute atomic E-state index is 0.198. The number of nitrogens with one attached hydrogen (secondary N) is 1. The number of rotatable bonds is 7. The van der Waals surface area contributed by atoms with Crippen LogP contribution in [0.2, 0.25) is 0 Å². The van der Waals surface area contributed by atoms with Crippen LogP contribution in [0.5, 0.6) is 0 Å². The first-order valence-electron chi connectivity index (χ1n) is 10.7. The molecule has 1 amide bonds. The van der Waals surface area contributed by atoms with E-state index in [9.17, 15) is 13.2 Å². The molecule has 0 unspecified atom stereocenters. The van der Waals surface area contributed by atoms with Gasteiger partial charge in [-0.3, -0.25) is 9.69 Å². The van der Waals surface area contributed by atoms with E-state index in [-0.39, 0.29) is 10.8 Å². The Balaban J connectivity index is 1.39. The van der Waals surface area contributed by atoms with E-state index in [1.807, 2.05) is 12.1 Å². The molecular weight excluding hydrogens is 398 g/mol. The van der Waals surface area contributed by atoms with Gasteiger partial charge in [-0.2, -0.15) is 4.31 Å². The van der Waals surface area contributed by atoms with Crippen LogP contribution in [0.1, 0.15) is 47.2 Å². The number of benzene rings is 2. The van der Waals surface area contributed by atoms with Gasteiger partial charge in [0.25, 0.3) is 5.91 Å². The maximum absolute atomic E-state index is 12.6. The Bertz CT molecular complexity index is 977. The van der Waals surface area contributed by atoms with E-state index in [4.69, 9.17) is 0 Å². The van der Waals surface area contributed by atoms with Crippen molar-refractivity contribution in [1.29, 1.82) is 0 Å². The SMILES string of the molecule is O=C(NCc1ccccc1CN1CCCC1)c1ccc(S(=O)(=O)N2CCCC2)cc1. The summed E-state index contributed by atoms with van der Waals surface area (Å²) in [6.45, 7) is 4.77. The molecule has 30 heavy (non-hydrogen) atoms. The van der Waals surface area contributed by atoms with Gasteiger partial charge in [0.2, 0.25) is 10.0 Å². The summed E-state index contributed by atoms with van der Waals surface area (Å²) in [4.78, 5) is 15.3. The normalized spacial score (nSPS) is 18.0. The van der Waals surface area contributed by atoms with Crippen LogP contribution in [-0.4, -0.2) is 49.7 Å². The van der Waals surface area contributed by atoms with E-state index in [2.05, 4.69) is 22.3 Å². The van der Waals surface area contributed by atoms with Gasteiger partial charge in [0, 0.05) is 31.7 Å². The van der Waals surface area contributed by atoms with Crippen LogP contribution in [0.4, 0.5) is 0 Å². The molecule has 6 nitrogen and oxygen atoms in total. The van der Waals surface area contributed by atoms with Crippen molar-refractivity contribution >= 4 is 15.9 Å². The molecule has 160 valence electrons. The molecule has 0 spiro atoms. The lowest BCUT2D eigenvalue weighted by atomic mass is 10.1. The minimum Gasteiger partial charge on any atom is -0.348 e. The summed E-state index contributed by atoms with van der Waals surface area (Å²) >= 11 is 0. The van der Waals surface area contributed by atoms with Crippen molar-refractivity contribution in [2.24, 2.45) is 0 Å². The highest BCUT2D eigenvalue weighted by Crippen LogP contribution is 2.21. The Labute approximate surface area is 178 Å². The number of amides is 1. The molecule has 2 aromatic carbocycles. The van der Waals surface area contributed by atoms with Gasteiger partial charge in [-0.05, 0) is 74.2 Å². The summed E-state index contributed by atoms with van der Waals surface area (Å²) in [5.74, 6) is -0.198. The molecule has 2 fully saturated rings. The van der Waals surface area contributed by atoms with Gasteiger partial charge in [0.1, 0.15) is 0 Å². The zero-order valence-corrected chi connectivity index (χ0v) is 18.0. The number of hydrogen-bond acceptors (Lipinski definition) is 4. The van der Waals surface area contributed by atoms with Crippen molar-refractivity contribution in [2.75, 3.05) is 26.2 Å². The van der Waals surface area contributed by atoms with E-state index in [1.54, 1.807) is 12.1 Å². The molecule has 0 aromatic heterocycles. The predicted molar refractivity (Wildman–Crippen MR) is 117 cm³/mol. The van der Waals surface area contributed by atoms with Crippen molar-refractivity contribution in [3.8, 4) is 0 Å². The van der Waals surface area contributed by atoms with Crippen molar-refractivity contribution in [3.05, 3.63) is 65.2 Å². The number of carbonyl (C=O) groups excluding carboxylic acids is 1. The molecule has 2 aliphatic rings. The van der Waals surface area contributed by atoms with E-state index >= 15 is 0 Å². The monoisotopic (exact) mass is 427 g/mol. The molecule has 2 heterocycles. The lowest BCUT2D eigenvalue weighted by Crippen LogP contribution is -2.28.